The fraction of sp³-hybridized carbons (Fsp3) is 0.417. The molecule has 0 saturated heterocycles. The van der Waals surface area contributed by atoms with Gasteiger partial charge in [0.05, 0.1) is 0 Å². The Kier molecular flexibility index (Phi) is 3.08. The zero-order valence-corrected chi connectivity index (χ0v) is 9.35. The highest BCUT2D eigenvalue weighted by Crippen LogP contribution is 2.45. The molecule has 2 N–H and O–H groups in total. The summed E-state index contributed by atoms with van der Waals surface area (Å²) in [5.41, 5.74) is -0.123. The molecule has 1 fully saturated rings. The van der Waals surface area contributed by atoms with Crippen molar-refractivity contribution in [1.29, 1.82) is 0 Å². The number of rotatable bonds is 5. The molecule has 1 aromatic heterocycles. The van der Waals surface area contributed by atoms with Crippen LogP contribution < -0.4 is 5.32 Å². The van der Waals surface area contributed by atoms with Crippen LogP contribution in [0.5, 0.6) is 0 Å². The molecule has 1 aliphatic carbocycles. The Balaban J connectivity index is 1.80. The molecule has 90 valence electrons. The molecule has 1 amide bonds. The number of aromatic nitrogens is 1. The molecule has 17 heavy (non-hydrogen) atoms. The number of carbonyl (C=O) groups excluding carboxylic acids is 1. The largest absolute Gasteiger partial charge is 0.480 e. The predicted octanol–water partition coefficient (Wildman–Crippen LogP) is 0.605. The van der Waals surface area contributed by atoms with Crippen molar-refractivity contribution < 1.29 is 14.7 Å². The van der Waals surface area contributed by atoms with Crippen LogP contribution in [0.4, 0.5) is 0 Å². The molecule has 0 atom stereocenters. The summed E-state index contributed by atoms with van der Waals surface area (Å²) in [4.78, 5) is 26.5. The molecule has 1 aromatic rings. The van der Waals surface area contributed by atoms with Gasteiger partial charge in [0.2, 0.25) is 5.91 Å². The minimum Gasteiger partial charge on any atom is -0.480 e. The molecule has 5 nitrogen and oxygen atoms in total. The van der Waals surface area contributed by atoms with Gasteiger partial charge in [0.15, 0.2) is 0 Å². The standard InChI is InChI=1S/C12H14N2O3/c15-10(12(4-5-12)11(16)17)14-7-3-9-2-1-6-13-8-9/h1-2,6,8H,3-5,7H2,(H,14,15)(H,16,17). The molecule has 0 unspecified atom stereocenters. The van der Waals surface area contributed by atoms with Crippen LogP contribution in [0.25, 0.3) is 0 Å². The van der Waals surface area contributed by atoms with Crippen molar-refractivity contribution in [3.8, 4) is 0 Å². The third-order valence-corrected chi connectivity index (χ3v) is 3.02. The number of hydrogen-bond acceptors (Lipinski definition) is 3. The van der Waals surface area contributed by atoms with E-state index in [4.69, 9.17) is 5.11 Å². The first kappa shape index (κ1) is 11.6. The number of aliphatic carboxylic acids is 1. The number of pyridine rings is 1. The van der Waals surface area contributed by atoms with E-state index in [1.165, 1.54) is 0 Å². The highest BCUT2D eigenvalue weighted by Gasteiger charge is 2.56. The molecule has 0 bridgehead atoms. The number of amides is 1. The number of hydrogen-bond donors (Lipinski definition) is 2. The van der Waals surface area contributed by atoms with Crippen molar-refractivity contribution in [1.82, 2.24) is 10.3 Å². The van der Waals surface area contributed by atoms with E-state index in [2.05, 4.69) is 10.3 Å². The Morgan fingerprint density at radius 2 is 2.24 bits per heavy atom. The van der Waals surface area contributed by atoms with E-state index in [-0.39, 0.29) is 5.91 Å². The quantitative estimate of drug-likeness (QED) is 0.731. The van der Waals surface area contributed by atoms with Crippen LogP contribution in [0, 0.1) is 5.41 Å². The summed E-state index contributed by atoms with van der Waals surface area (Å²) in [6.07, 6.45) is 4.97. The normalized spacial score (nSPS) is 16.2. The fourth-order valence-electron chi connectivity index (χ4n) is 1.70. The first-order chi connectivity index (χ1) is 8.15. The molecule has 0 aliphatic heterocycles. The van der Waals surface area contributed by atoms with Crippen LogP contribution in [0.2, 0.25) is 0 Å². The maximum atomic E-state index is 11.7. The smallest absolute Gasteiger partial charge is 0.319 e. The lowest BCUT2D eigenvalue weighted by atomic mass is 10.1. The highest BCUT2D eigenvalue weighted by molar-refractivity contribution is 6.04. The first-order valence-corrected chi connectivity index (χ1v) is 5.56. The highest BCUT2D eigenvalue weighted by atomic mass is 16.4. The predicted molar refractivity (Wildman–Crippen MR) is 60.3 cm³/mol. The Bertz CT molecular complexity index is 427. The van der Waals surface area contributed by atoms with Crippen LogP contribution in [0.1, 0.15) is 18.4 Å². The second-order valence-electron chi connectivity index (χ2n) is 4.25. The zero-order valence-electron chi connectivity index (χ0n) is 9.35. The van der Waals surface area contributed by atoms with Crippen molar-refractivity contribution in [2.75, 3.05) is 6.54 Å². The van der Waals surface area contributed by atoms with Crippen LogP contribution >= 0.6 is 0 Å². The van der Waals surface area contributed by atoms with Gasteiger partial charge >= 0.3 is 5.97 Å². The van der Waals surface area contributed by atoms with Crippen LogP contribution in [-0.4, -0.2) is 28.5 Å². The topological polar surface area (TPSA) is 79.3 Å². The van der Waals surface area contributed by atoms with Crippen molar-refractivity contribution in [3.63, 3.8) is 0 Å². The number of carbonyl (C=O) groups is 2. The van der Waals surface area contributed by atoms with Gasteiger partial charge in [-0.25, -0.2) is 0 Å². The van der Waals surface area contributed by atoms with E-state index in [1.54, 1.807) is 12.4 Å². The number of nitrogens with zero attached hydrogens (tertiary/aromatic N) is 1. The molecule has 2 rings (SSSR count). The average molecular weight is 234 g/mol. The minimum absolute atomic E-state index is 0.367. The zero-order chi connectivity index (χ0) is 12.3. The van der Waals surface area contributed by atoms with Gasteiger partial charge in [-0.3, -0.25) is 14.6 Å². The minimum atomic E-state index is -1.14. The summed E-state index contributed by atoms with van der Waals surface area (Å²) in [5.74, 6) is -1.38. The van der Waals surface area contributed by atoms with E-state index >= 15 is 0 Å². The SMILES string of the molecule is O=C(O)C1(C(=O)NCCc2cccnc2)CC1. The second-order valence-corrected chi connectivity index (χ2v) is 4.25. The van der Waals surface area contributed by atoms with E-state index in [1.807, 2.05) is 12.1 Å². The van der Waals surface area contributed by atoms with Crippen LogP contribution in [-0.2, 0) is 16.0 Å². The molecular weight excluding hydrogens is 220 g/mol. The monoisotopic (exact) mass is 234 g/mol. The van der Waals surface area contributed by atoms with Crippen molar-refractivity contribution in [3.05, 3.63) is 30.1 Å². The van der Waals surface area contributed by atoms with Gasteiger partial charge < -0.3 is 10.4 Å². The van der Waals surface area contributed by atoms with Gasteiger partial charge in [-0.2, -0.15) is 0 Å². The van der Waals surface area contributed by atoms with Crippen LogP contribution in [0.15, 0.2) is 24.5 Å². The van der Waals surface area contributed by atoms with Crippen molar-refractivity contribution in [2.45, 2.75) is 19.3 Å². The fourth-order valence-corrected chi connectivity index (χ4v) is 1.70. The van der Waals surface area contributed by atoms with Crippen LogP contribution in [0.3, 0.4) is 0 Å². The van der Waals surface area contributed by atoms with E-state index < -0.39 is 11.4 Å². The molecule has 0 radical (unpaired) electrons. The number of carboxylic acid groups (broad SMARTS) is 1. The number of carboxylic acids is 1. The Morgan fingerprint density at radius 3 is 2.76 bits per heavy atom. The van der Waals surface area contributed by atoms with E-state index in [0.717, 1.165) is 5.56 Å². The van der Waals surface area contributed by atoms with Crippen molar-refractivity contribution in [2.24, 2.45) is 5.41 Å². The maximum absolute atomic E-state index is 11.7. The molecule has 1 heterocycles. The summed E-state index contributed by atoms with van der Waals surface area (Å²) >= 11 is 0. The average Bonchev–Trinajstić information content (AvgIpc) is 3.11. The Hall–Kier alpha value is -1.91. The van der Waals surface area contributed by atoms with Gasteiger partial charge in [-0.15, -0.1) is 0 Å². The van der Waals surface area contributed by atoms with Gasteiger partial charge in [-0.05, 0) is 30.9 Å². The van der Waals surface area contributed by atoms with Crippen molar-refractivity contribution >= 4 is 11.9 Å². The second kappa shape index (κ2) is 4.53. The third kappa shape index (κ3) is 2.43. The molecule has 0 spiro atoms. The van der Waals surface area contributed by atoms with E-state index in [9.17, 15) is 9.59 Å². The molecule has 1 aliphatic rings. The van der Waals surface area contributed by atoms with E-state index in [0.29, 0.717) is 25.8 Å². The molecule has 5 heteroatoms. The summed E-state index contributed by atoms with van der Waals surface area (Å²) < 4.78 is 0. The first-order valence-electron chi connectivity index (χ1n) is 5.56. The summed E-state index contributed by atoms with van der Waals surface area (Å²) in [7, 11) is 0. The lowest BCUT2D eigenvalue weighted by Crippen LogP contribution is -2.37. The maximum Gasteiger partial charge on any atom is 0.319 e. The van der Waals surface area contributed by atoms with Gasteiger partial charge in [-0.1, -0.05) is 6.07 Å². The van der Waals surface area contributed by atoms with Gasteiger partial charge in [0, 0.05) is 18.9 Å². The Morgan fingerprint density at radius 1 is 1.47 bits per heavy atom. The summed E-state index contributed by atoms with van der Waals surface area (Å²) in [5, 5.41) is 11.6. The molecule has 1 saturated carbocycles. The number of nitrogens with one attached hydrogen (secondary N) is 1. The van der Waals surface area contributed by atoms with Gasteiger partial charge in [0.1, 0.15) is 5.41 Å². The third-order valence-electron chi connectivity index (χ3n) is 3.02. The van der Waals surface area contributed by atoms with Gasteiger partial charge in [0.25, 0.3) is 0 Å². The Labute approximate surface area is 98.9 Å². The lowest BCUT2D eigenvalue weighted by Gasteiger charge is -2.10. The summed E-state index contributed by atoms with van der Waals surface area (Å²) in [6, 6.07) is 3.75. The molecular formula is C12H14N2O3. The summed E-state index contributed by atoms with van der Waals surface area (Å²) in [6.45, 7) is 0.444. The molecule has 0 aromatic carbocycles. The lowest BCUT2D eigenvalue weighted by molar-refractivity contribution is -0.149.